The van der Waals surface area contributed by atoms with Crippen molar-refractivity contribution in [1.82, 2.24) is 4.90 Å². The van der Waals surface area contributed by atoms with Crippen LogP contribution in [0.4, 0.5) is 5.69 Å². The lowest BCUT2D eigenvalue weighted by atomic mass is 10.0. The van der Waals surface area contributed by atoms with E-state index in [1.807, 2.05) is 12.1 Å². The molecule has 1 aromatic rings. The van der Waals surface area contributed by atoms with Crippen LogP contribution in [0.2, 0.25) is 0 Å². The quantitative estimate of drug-likeness (QED) is 0.898. The predicted molar refractivity (Wildman–Crippen MR) is 81.0 cm³/mol. The third kappa shape index (κ3) is 4.62. The van der Waals surface area contributed by atoms with Crippen molar-refractivity contribution in [1.29, 1.82) is 0 Å². The van der Waals surface area contributed by atoms with E-state index in [2.05, 4.69) is 36.2 Å². The number of carbonyl (C=O) groups is 1. The van der Waals surface area contributed by atoms with Gasteiger partial charge >= 0.3 is 0 Å². The highest BCUT2D eigenvalue weighted by Gasteiger charge is 2.12. The Morgan fingerprint density at radius 3 is 2.80 bits per heavy atom. The molecule has 0 aromatic heterocycles. The van der Waals surface area contributed by atoms with Gasteiger partial charge in [0, 0.05) is 31.7 Å². The van der Waals surface area contributed by atoms with Gasteiger partial charge in [0.05, 0.1) is 13.2 Å². The summed E-state index contributed by atoms with van der Waals surface area (Å²) in [6.45, 7) is 8.51. The Morgan fingerprint density at radius 2 is 2.10 bits per heavy atom. The molecule has 0 spiro atoms. The van der Waals surface area contributed by atoms with E-state index in [1.165, 1.54) is 5.56 Å². The summed E-state index contributed by atoms with van der Waals surface area (Å²) < 4.78 is 5.30. The Balaban J connectivity index is 1.80. The van der Waals surface area contributed by atoms with Gasteiger partial charge in [0.1, 0.15) is 0 Å². The Morgan fingerprint density at radius 1 is 1.35 bits per heavy atom. The van der Waals surface area contributed by atoms with E-state index in [0.717, 1.165) is 38.5 Å². The summed E-state index contributed by atoms with van der Waals surface area (Å²) >= 11 is 0. The molecular formula is C16H24N2O2. The highest BCUT2D eigenvalue weighted by molar-refractivity contribution is 5.90. The standard InChI is InChI=1S/C16H24N2O2/c1-13(2)14-4-3-5-15(12-14)17-16(19)6-7-18-8-10-20-11-9-18/h3-5,12-13H,6-11H2,1-2H3,(H,17,19). The molecule has 4 heteroatoms. The summed E-state index contributed by atoms with van der Waals surface area (Å²) in [5, 5.41) is 2.98. The smallest absolute Gasteiger partial charge is 0.225 e. The van der Waals surface area contributed by atoms with Crippen molar-refractivity contribution in [2.45, 2.75) is 26.2 Å². The fourth-order valence-electron chi connectivity index (χ4n) is 2.28. The summed E-state index contributed by atoms with van der Waals surface area (Å²) in [7, 11) is 0. The fourth-order valence-corrected chi connectivity index (χ4v) is 2.28. The molecule has 2 rings (SSSR count). The Labute approximate surface area is 121 Å². The summed E-state index contributed by atoms with van der Waals surface area (Å²) in [6, 6.07) is 8.08. The van der Waals surface area contributed by atoms with E-state index in [9.17, 15) is 4.79 Å². The third-order valence-electron chi connectivity index (χ3n) is 3.60. The second-order valence-corrected chi connectivity index (χ2v) is 5.53. The van der Waals surface area contributed by atoms with E-state index in [0.29, 0.717) is 12.3 Å². The number of hydrogen-bond acceptors (Lipinski definition) is 3. The number of nitrogens with one attached hydrogen (secondary N) is 1. The van der Waals surface area contributed by atoms with Crippen molar-refractivity contribution >= 4 is 11.6 Å². The Bertz CT molecular complexity index is 440. The van der Waals surface area contributed by atoms with Crippen LogP contribution in [0.3, 0.4) is 0 Å². The molecule has 1 aliphatic heterocycles. The lowest BCUT2D eigenvalue weighted by molar-refractivity contribution is -0.116. The first-order valence-electron chi connectivity index (χ1n) is 7.35. The predicted octanol–water partition coefficient (Wildman–Crippen LogP) is 2.47. The molecular weight excluding hydrogens is 252 g/mol. The number of nitrogens with zero attached hydrogens (tertiary/aromatic N) is 1. The van der Waals surface area contributed by atoms with E-state index in [4.69, 9.17) is 4.74 Å². The van der Waals surface area contributed by atoms with Gasteiger partial charge in [0.15, 0.2) is 0 Å². The minimum Gasteiger partial charge on any atom is -0.379 e. The SMILES string of the molecule is CC(C)c1cccc(NC(=O)CCN2CCOCC2)c1. The number of morpholine rings is 1. The first-order chi connectivity index (χ1) is 9.65. The van der Waals surface area contributed by atoms with E-state index >= 15 is 0 Å². The summed E-state index contributed by atoms with van der Waals surface area (Å²) in [6.07, 6.45) is 0.534. The minimum atomic E-state index is 0.0809. The molecule has 1 N–H and O–H groups in total. The minimum absolute atomic E-state index is 0.0809. The van der Waals surface area contributed by atoms with Crippen molar-refractivity contribution in [3.63, 3.8) is 0 Å². The van der Waals surface area contributed by atoms with Crippen molar-refractivity contribution in [3.05, 3.63) is 29.8 Å². The molecule has 20 heavy (non-hydrogen) atoms. The number of carbonyl (C=O) groups excluding carboxylic acids is 1. The van der Waals surface area contributed by atoms with Gasteiger partial charge in [0.25, 0.3) is 0 Å². The van der Waals surface area contributed by atoms with Crippen LogP contribution in [0, 0.1) is 0 Å². The molecule has 0 atom stereocenters. The largest absolute Gasteiger partial charge is 0.379 e. The van der Waals surface area contributed by atoms with Crippen molar-refractivity contribution < 1.29 is 9.53 Å². The molecule has 1 aliphatic rings. The van der Waals surface area contributed by atoms with E-state index < -0.39 is 0 Å². The van der Waals surface area contributed by atoms with Crippen LogP contribution in [0.15, 0.2) is 24.3 Å². The maximum absolute atomic E-state index is 12.0. The van der Waals surface area contributed by atoms with Gasteiger partial charge in [-0.25, -0.2) is 0 Å². The molecule has 1 fully saturated rings. The summed E-state index contributed by atoms with van der Waals surface area (Å²) in [5.41, 5.74) is 2.14. The van der Waals surface area contributed by atoms with Crippen LogP contribution in [0.25, 0.3) is 0 Å². The number of ether oxygens (including phenoxy) is 1. The molecule has 0 unspecified atom stereocenters. The molecule has 0 bridgehead atoms. The normalized spacial score (nSPS) is 16.4. The van der Waals surface area contributed by atoms with Crippen molar-refractivity contribution in [2.75, 3.05) is 38.2 Å². The molecule has 1 aromatic carbocycles. The molecule has 1 saturated heterocycles. The number of anilines is 1. The van der Waals surface area contributed by atoms with Gasteiger partial charge in [-0.1, -0.05) is 26.0 Å². The molecule has 0 saturated carbocycles. The van der Waals surface area contributed by atoms with Crippen LogP contribution in [-0.2, 0) is 9.53 Å². The fraction of sp³-hybridized carbons (Fsp3) is 0.562. The second-order valence-electron chi connectivity index (χ2n) is 5.53. The van der Waals surface area contributed by atoms with E-state index in [-0.39, 0.29) is 5.91 Å². The van der Waals surface area contributed by atoms with Crippen molar-refractivity contribution in [3.8, 4) is 0 Å². The Kier molecular flexibility index (Phi) is 5.56. The van der Waals surface area contributed by atoms with Gasteiger partial charge < -0.3 is 10.1 Å². The van der Waals surface area contributed by atoms with Crippen LogP contribution >= 0.6 is 0 Å². The van der Waals surface area contributed by atoms with Crippen molar-refractivity contribution in [2.24, 2.45) is 0 Å². The first kappa shape index (κ1) is 15.0. The Hall–Kier alpha value is -1.39. The molecule has 1 amide bonds. The first-order valence-corrected chi connectivity index (χ1v) is 7.35. The summed E-state index contributed by atoms with van der Waals surface area (Å²) in [5.74, 6) is 0.553. The highest BCUT2D eigenvalue weighted by atomic mass is 16.5. The monoisotopic (exact) mass is 276 g/mol. The van der Waals surface area contributed by atoms with E-state index in [1.54, 1.807) is 0 Å². The molecule has 110 valence electrons. The van der Waals surface area contributed by atoms with Crippen LogP contribution in [0.1, 0.15) is 31.7 Å². The second kappa shape index (κ2) is 7.41. The molecule has 1 heterocycles. The average Bonchev–Trinajstić information content (AvgIpc) is 2.46. The number of amides is 1. The molecule has 0 radical (unpaired) electrons. The zero-order valence-electron chi connectivity index (χ0n) is 12.4. The highest BCUT2D eigenvalue weighted by Crippen LogP contribution is 2.18. The van der Waals surface area contributed by atoms with Crippen LogP contribution < -0.4 is 5.32 Å². The van der Waals surface area contributed by atoms with Crippen LogP contribution in [0.5, 0.6) is 0 Å². The van der Waals surface area contributed by atoms with Crippen LogP contribution in [-0.4, -0.2) is 43.7 Å². The van der Waals surface area contributed by atoms with Gasteiger partial charge in [-0.15, -0.1) is 0 Å². The van der Waals surface area contributed by atoms with Gasteiger partial charge in [0.2, 0.25) is 5.91 Å². The molecule has 0 aliphatic carbocycles. The lowest BCUT2D eigenvalue weighted by Crippen LogP contribution is -2.38. The van der Waals surface area contributed by atoms with Gasteiger partial charge in [-0.05, 0) is 23.6 Å². The summed E-state index contributed by atoms with van der Waals surface area (Å²) in [4.78, 5) is 14.2. The maximum Gasteiger partial charge on any atom is 0.225 e. The lowest BCUT2D eigenvalue weighted by Gasteiger charge is -2.26. The number of benzene rings is 1. The van der Waals surface area contributed by atoms with Gasteiger partial charge in [-0.2, -0.15) is 0 Å². The average molecular weight is 276 g/mol. The number of rotatable bonds is 5. The number of hydrogen-bond donors (Lipinski definition) is 1. The van der Waals surface area contributed by atoms with Gasteiger partial charge in [-0.3, -0.25) is 9.69 Å². The topological polar surface area (TPSA) is 41.6 Å². The maximum atomic E-state index is 12.0. The molecule has 4 nitrogen and oxygen atoms in total. The zero-order valence-corrected chi connectivity index (χ0v) is 12.4. The zero-order chi connectivity index (χ0) is 14.4. The third-order valence-corrected chi connectivity index (χ3v) is 3.60.